The minimum Gasteiger partial charge on any atom is -0.366 e. The van der Waals surface area contributed by atoms with Crippen LogP contribution >= 0.6 is 11.3 Å². The molecule has 0 aliphatic carbocycles. The lowest BCUT2D eigenvalue weighted by Crippen LogP contribution is -2.27. The van der Waals surface area contributed by atoms with Crippen LogP contribution in [0.4, 0.5) is 0 Å². The van der Waals surface area contributed by atoms with Crippen molar-refractivity contribution < 1.29 is 9.59 Å². The third-order valence-electron chi connectivity index (χ3n) is 3.48. The Balaban J connectivity index is 1.92. The summed E-state index contributed by atoms with van der Waals surface area (Å²) < 4.78 is 0. The van der Waals surface area contributed by atoms with Crippen LogP contribution in [0.25, 0.3) is 0 Å². The maximum absolute atomic E-state index is 12.1. The van der Waals surface area contributed by atoms with Crippen molar-refractivity contribution >= 4 is 23.2 Å². The number of carbonyl (C=O) groups excluding carboxylic acids is 2. The summed E-state index contributed by atoms with van der Waals surface area (Å²) in [6.07, 6.45) is 0.650. The van der Waals surface area contributed by atoms with E-state index in [1.54, 1.807) is 30.4 Å². The van der Waals surface area contributed by atoms with E-state index in [0.29, 0.717) is 24.1 Å². The molecule has 0 fully saturated rings. The molecule has 2 aromatic rings. The van der Waals surface area contributed by atoms with Gasteiger partial charge in [0.25, 0.3) is 5.91 Å². The van der Waals surface area contributed by atoms with Crippen molar-refractivity contribution in [3.63, 3.8) is 0 Å². The maximum Gasteiger partial charge on any atom is 0.251 e. The third-order valence-corrected chi connectivity index (χ3v) is 4.18. The Labute approximate surface area is 133 Å². The van der Waals surface area contributed by atoms with Crippen molar-refractivity contribution in [3.05, 3.63) is 57.3 Å². The Morgan fingerprint density at radius 2 is 2.09 bits per heavy atom. The summed E-state index contributed by atoms with van der Waals surface area (Å²) in [6, 6.07) is 6.80. The summed E-state index contributed by atoms with van der Waals surface area (Å²) in [6.45, 7) is 2.25. The predicted octanol–water partition coefficient (Wildman–Crippen LogP) is 1.98. The van der Waals surface area contributed by atoms with Gasteiger partial charge in [0, 0.05) is 23.7 Å². The van der Waals surface area contributed by atoms with Gasteiger partial charge in [-0.15, -0.1) is 0 Å². The molecule has 1 aromatic carbocycles. The van der Waals surface area contributed by atoms with Crippen molar-refractivity contribution in [3.8, 4) is 0 Å². The van der Waals surface area contributed by atoms with Gasteiger partial charge in [0.1, 0.15) is 0 Å². The molecular formula is C16H19N3O2S. The smallest absolute Gasteiger partial charge is 0.251 e. The summed E-state index contributed by atoms with van der Waals surface area (Å²) in [5.41, 5.74) is 13.9. The summed E-state index contributed by atoms with van der Waals surface area (Å²) in [4.78, 5) is 23.4. The molecule has 22 heavy (non-hydrogen) atoms. The van der Waals surface area contributed by atoms with Crippen LogP contribution in [-0.4, -0.2) is 18.4 Å². The largest absolute Gasteiger partial charge is 0.366 e. The van der Waals surface area contributed by atoms with E-state index in [0.717, 1.165) is 11.1 Å². The van der Waals surface area contributed by atoms with E-state index in [-0.39, 0.29) is 11.9 Å². The van der Waals surface area contributed by atoms with Crippen molar-refractivity contribution in [1.29, 1.82) is 0 Å². The van der Waals surface area contributed by atoms with E-state index in [1.165, 1.54) is 6.07 Å². The van der Waals surface area contributed by atoms with Gasteiger partial charge in [-0.25, -0.2) is 0 Å². The molecule has 1 heterocycles. The first-order valence-corrected chi connectivity index (χ1v) is 7.89. The Hall–Kier alpha value is -2.18. The molecule has 6 heteroatoms. The number of hydrogen-bond acceptors (Lipinski definition) is 4. The highest BCUT2D eigenvalue weighted by atomic mass is 32.1. The zero-order valence-corrected chi connectivity index (χ0v) is 13.2. The average Bonchev–Trinajstić information content (AvgIpc) is 3.01. The quantitative estimate of drug-likeness (QED) is 0.759. The highest BCUT2D eigenvalue weighted by Gasteiger charge is 2.12. The number of amides is 2. The first-order chi connectivity index (χ1) is 10.5. The number of carbonyl (C=O) groups is 2. The van der Waals surface area contributed by atoms with E-state index >= 15 is 0 Å². The number of nitrogens with two attached hydrogens (primary N) is 2. The lowest BCUT2D eigenvalue weighted by Gasteiger charge is -2.11. The second-order valence-electron chi connectivity index (χ2n) is 5.10. The summed E-state index contributed by atoms with van der Waals surface area (Å²) in [5, 5.41) is 6.79. The Bertz CT molecular complexity index is 668. The van der Waals surface area contributed by atoms with Crippen molar-refractivity contribution in [2.75, 3.05) is 6.54 Å². The molecular weight excluding hydrogens is 298 g/mol. The molecule has 1 unspecified atom stereocenters. The van der Waals surface area contributed by atoms with Gasteiger partial charge in [-0.3, -0.25) is 9.59 Å². The second kappa shape index (κ2) is 7.20. The molecule has 2 rings (SSSR count). The molecule has 0 spiro atoms. The fourth-order valence-corrected chi connectivity index (χ4v) is 2.85. The number of hydrogen-bond donors (Lipinski definition) is 3. The molecule has 0 saturated heterocycles. The first-order valence-electron chi connectivity index (χ1n) is 6.95. The van der Waals surface area contributed by atoms with Crippen LogP contribution in [0, 0.1) is 6.92 Å². The van der Waals surface area contributed by atoms with Crippen LogP contribution in [0.2, 0.25) is 0 Å². The van der Waals surface area contributed by atoms with Crippen LogP contribution < -0.4 is 16.8 Å². The third kappa shape index (κ3) is 3.93. The van der Waals surface area contributed by atoms with Crippen LogP contribution in [-0.2, 0) is 0 Å². The zero-order chi connectivity index (χ0) is 16.1. The molecule has 1 aromatic heterocycles. The molecule has 0 aliphatic rings. The Morgan fingerprint density at radius 3 is 2.73 bits per heavy atom. The van der Waals surface area contributed by atoms with Crippen molar-refractivity contribution in [1.82, 2.24) is 5.32 Å². The number of benzene rings is 1. The minimum absolute atomic E-state index is 0.0919. The van der Waals surface area contributed by atoms with Gasteiger partial charge >= 0.3 is 0 Å². The minimum atomic E-state index is -0.536. The zero-order valence-electron chi connectivity index (χ0n) is 12.3. The van der Waals surface area contributed by atoms with E-state index in [1.807, 2.05) is 16.8 Å². The molecule has 5 N–H and O–H groups in total. The molecule has 0 aliphatic heterocycles. The first kappa shape index (κ1) is 16.2. The van der Waals surface area contributed by atoms with E-state index in [2.05, 4.69) is 5.32 Å². The molecule has 5 nitrogen and oxygen atoms in total. The molecule has 116 valence electrons. The lowest BCUT2D eigenvalue weighted by molar-refractivity contribution is 0.0952. The topological polar surface area (TPSA) is 98.2 Å². The molecule has 2 amide bonds. The van der Waals surface area contributed by atoms with Gasteiger partial charge in [0.05, 0.1) is 0 Å². The monoisotopic (exact) mass is 317 g/mol. The van der Waals surface area contributed by atoms with Crippen LogP contribution in [0.3, 0.4) is 0 Å². The molecule has 0 radical (unpaired) electrons. The van der Waals surface area contributed by atoms with Crippen LogP contribution in [0.5, 0.6) is 0 Å². The number of nitrogens with one attached hydrogen (secondary N) is 1. The maximum atomic E-state index is 12.1. The highest BCUT2D eigenvalue weighted by Crippen LogP contribution is 2.16. The van der Waals surface area contributed by atoms with Crippen molar-refractivity contribution in [2.24, 2.45) is 11.5 Å². The predicted molar refractivity (Wildman–Crippen MR) is 87.9 cm³/mol. The van der Waals surface area contributed by atoms with Crippen molar-refractivity contribution in [2.45, 2.75) is 19.4 Å². The highest BCUT2D eigenvalue weighted by molar-refractivity contribution is 7.07. The van der Waals surface area contributed by atoms with Gasteiger partial charge in [-0.1, -0.05) is 6.07 Å². The lowest BCUT2D eigenvalue weighted by atomic mass is 10.0. The normalized spacial score (nSPS) is 11.9. The number of aryl methyl sites for hydroxylation is 1. The van der Waals surface area contributed by atoms with Gasteiger partial charge in [0.15, 0.2) is 0 Å². The standard InChI is InChI=1S/C16H19N3O2S/c1-10-2-3-11(8-13(10)15(18)20)16(21)19-6-4-14(17)12-5-7-22-9-12/h2-3,5,7-9,14H,4,6,17H2,1H3,(H2,18,20)(H,19,21). The van der Waals surface area contributed by atoms with Crippen LogP contribution in [0.15, 0.2) is 35.0 Å². The average molecular weight is 317 g/mol. The SMILES string of the molecule is Cc1ccc(C(=O)NCCC(N)c2ccsc2)cc1C(N)=O. The summed E-state index contributed by atoms with van der Waals surface area (Å²) in [7, 11) is 0. The Morgan fingerprint density at radius 1 is 1.32 bits per heavy atom. The molecule has 0 bridgehead atoms. The van der Waals surface area contributed by atoms with Gasteiger partial charge < -0.3 is 16.8 Å². The fourth-order valence-electron chi connectivity index (χ4n) is 2.12. The number of thiophene rings is 1. The Kier molecular flexibility index (Phi) is 5.30. The summed E-state index contributed by atoms with van der Waals surface area (Å²) >= 11 is 1.60. The number of primary amides is 1. The molecule has 0 saturated carbocycles. The van der Waals surface area contributed by atoms with E-state index in [9.17, 15) is 9.59 Å². The fraction of sp³-hybridized carbons (Fsp3) is 0.250. The second-order valence-corrected chi connectivity index (χ2v) is 5.88. The summed E-state index contributed by atoms with van der Waals surface area (Å²) in [5.74, 6) is -0.772. The van der Waals surface area contributed by atoms with Crippen LogP contribution in [0.1, 0.15) is 44.3 Å². The van der Waals surface area contributed by atoms with Gasteiger partial charge in [-0.2, -0.15) is 11.3 Å². The van der Waals surface area contributed by atoms with E-state index in [4.69, 9.17) is 11.5 Å². The molecule has 1 atom stereocenters. The van der Waals surface area contributed by atoms with Gasteiger partial charge in [-0.05, 0) is 53.4 Å². The van der Waals surface area contributed by atoms with E-state index < -0.39 is 5.91 Å². The number of rotatable bonds is 6. The van der Waals surface area contributed by atoms with Gasteiger partial charge in [0.2, 0.25) is 5.91 Å².